The zero-order valence-electron chi connectivity index (χ0n) is 13.2. The van der Waals surface area contributed by atoms with Crippen molar-refractivity contribution < 1.29 is 9.31 Å². The van der Waals surface area contributed by atoms with Crippen LogP contribution in [0.4, 0.5) is 15.8 Å². The number of aryl methyl sites for hydroxylation is 1. The number of hydrogen-bond acceptors (Lipinski definition) is 4. The molecule has 0 radical (unpaired) electrons. The number of rotatable bonds is 5. The molecule has 1 N–H and O–H groups in total. The highest BCUT2D eigenvalue weighted by Gasteiger charge is 2.20. The molecule has 1 heterocycles. The molecule has 0 amide bonds. The Balaban J connectivity index is 2.02. The van der Waals surface area contributed by atoms with Crippen molar-refractivity contribution in [2.75, 3.05) is 5.32 Å². The second-order valence-electron chi connectivity index (χ2n) is 5.45. The number of nitro benzene ring substituents is 1. The normalized spacial score (nSPS) is 12.0. The number of anilines is 1. The summed E-state index contributed by atoms with van der Waals surface area (Å²) in [5, 5.41) is 14.2. The fourth-order valence-corrected chi connectivity index (χ4v) is 2.76. The average Bonchev–Trinajstić information content (AvgIpc) is 2.99. The molecule has 8 heteroatoms. The van der Waals surface area contributed by atoms with Crippen molar-refractivity contribution >= 4 is 23.0 Å². The van der Waals surface area contributed by atoms with E-state index in [2.05, 4.69) is 10.3 Å². The maximum absolute atomic E-state index is 13.7. The number of nitrogens with zero attached hydrogens (tertiary/aromatic N) is 3. The lowest BCUT2D eigenvalue weighted by atomic mass is 10.1. The molecule has 128 valence electrons. The zero-order chi connectivity index (χ0) is 18.0. The van der Waals surface area contributed by atoms with Gasteiger partial charge in [-0.1, -0.05) is 23.7 Å². The number of nitro groups is 1. The van der Waals surface area contributed by atoms with E-state index in [9.17, 15) is 14.5 Å². The van der Waals surface area contributed by atoms with E-state index in [4.69, 9.17) is 11.6 Å². The van der Waals surface area contributed by atoms with E-state index < -0.39 is 11.0 Å². The highest BCUT2D eigenvalue weighted by molar-refractivity contribution is 6.33. The van der Waals surface area contributed by atoms with Crippen LogP contribution in [-0.2, 0) is 7.05 Å². The van der Waals surface area contributed by atoms with E-state index in [0.29, 0.717) is 17.1 Å². The van der Waals surface area contributed by atoms with Crippen LogP contribution >= 0.6 is 11.6 Å². The summed E-state index contributed by atoms with van der Waals surface area (Å²) in [4.78, 5) is 14.7. The smallest absolute Gasteiger partial charge is 0.271 e. The summed E-state index contributed by atoms with van der Waals surface area (Å²) in [5.41, 5.74) is 1.04. The van der Waals surface area contributed by atoms with Crippen molar-refractivity contribution in [3.05, 3.63) is 87.2 Å². The molecule has 3 aromatic rings. The number of benzene rings is 2. The van der Waals surface area contributed by atoms with Gasteiger partial charge in [0.1, 0.15) is 17.7 Å². The van der Waals surface area contributed by atoms with Crippen LogP contribution in [-0.4, -0.2) is 14.5 Å². The second-order valence-corrected chi connectivity index (χ2v) is 5.86. The van der Waals surface area contributed by atoms with E-state index in [-0.39, 0.29) is 16.5 Å². The van der Waals surface area contributed by atoms with Gasteiger partial charge in [0.15, 0.2) is 0 Å². The summed E-state index contributed by atoms with van der Waals surface area (Å²) in [6.07, 6.45) is 3.42. The Labute approximate surface area is 148 Å². The molecule has 0 spiro atoms. The van der Waals surface area contributed by atoms with Gasteiger partial charge < -0.3 is 9.88 Å². The van der Waals surface area contributed by atoms with Crippen molar-refractivity contribution in [2.45, 2.75) is 6.04 Å². The summed E-state index contributed by atoms with van der Waals surface area (Å²) in [5.74, 6) is 0.285. The Bertz CT molecular complexity index is 929. The Morgan fingerprint density at radius 2 is 2.12 bits per heavy atom. The van der Waals surface area contributed by atoms with Crippen LogP contribution in [0.15, 0.2) is 54.9 Å². The summed E-state index contributed by atoms with van der Waals surface area (Å²) in [7, 11) is 1.83. The number of nitrogens with one attached hydrogen (secondary N) is 1. The third kappa shape index (κ3) is 3.61. The van der Waals surface area contributed by atoms with Gasteiger partial charge in [0.05, 0.1) is 15.6 Å². The third-order valence-corrected chi connectivity index (χ3v) is 4.07. The Kier molecular flexibility index (Phi) is 4.67. The van der Waals surface area contributed by atoms with Crippen molar-refractivity contribution in [3.63, 3.8) is 0 Å². The van der Waals surface area contributed by atoms with Gasteiger partial charge in [-0.05, 0) is 23.8 Å². The standard InChI is InChI=1S/C17H14ClFN4O2/c1-22-8-7-20-17(22)16(11-3-2-4-12(19)9-11)21-15-6-5-13(23(24)25)10-14(15)18/h2-10,16,21H,1H3. The Hall–Kier alpha value is -2.93. The van der Waals surface area contributed by atoms with Gasteiger partial charge in [0.25, 0.3) is 5.69 Å². The molecule has 6 nitrogen and oxygen atoms in total. The number of halogens is 2. The lowest BCUT2D eigenvalue weighted by molar-refractivity contribution is -0.384. The first kappa shape index (κ1) is 16.9. The summed E-state index contributed by atoms with van der Waals surface area (Å²) >= 11 is 6.17. The molecule has 0 bridgehead atoms. The first-order chi connectivity index (χ1) is 12.0. The average molecular weight is 361 g/mol. The maximum atomic E-state index is 13.7. The van der Waals surface area contributed by atoms with Crippen LogP contribution in [0.2, 0.25) is 5.02 Å². The van der Waals surface area contributed by atoms with E-state index in [1.54, 1.807) is 24.5 Å². The minimum absolute atomic E-state index is 0.102. The van der Waals surface area contributed by atoms with Crippen LogP contribution in [0.5, 0.6) is 0 Å². The topological polar surface area (TPSA) is 73.0 Å². The number of non-ortho nitro benzene ring substituents is 1. The molecule has 0 aliphatic rings. The summed E-state index contributed by atoms with van der Waals surface area (Å²) < 4.78 is 15.5. The Morgan fingerprint density at radius 3 is 2.72 bits per heavy atom. The van der Waals surface area contributed by atoms with E-state index >= 15 is 0 Å². The van der Waals surface area contributed by atoms with Crippen LogP contribution in [0.25, 0.3) is 0 Å². The monoisotopic (exact) mass is 360 g/mol. The maximum Gasteiger partial charge on any atom is 0.271 e. The lowest BCUT2D eigenvalue weighted by Crippen LogP contribution is -2.17. The molecule has 0 aliphatic heterocycles. The molecule has 0 fully saturated rings. The summed E-state index contributed by atoms with van der Waals surface area (Å²) in [6, 6.07) is 9.82. The molecule has 0 saturated carbocycles. The molecule has 1 aromatic heterocycles. The minimum atomic E-state index is -0.515. The highest BCUT2D eigenvalue weighted by atomic mass is 35.5. The van der Waals surface area contributed by atoms with E-state index in [1.165, 1.54) is 30.3 Å². The van der Waals surface area contributed by atoms with Gasteiger partial charge in [0.2, 0.25) is 0 Å². The van der Waals surface area contributed by atoms with Gasteiger partial charge in [-0.15, -0.1) is 0 Å². The Morgan fingerprint density at radius 1 is 1.32 bits per heavy atom. The number of aromatic nitrogens is 2. The van der Waals surface area contributed by atoms with Crippen molar-refractivity contribution in [1.82, 2.24) is 9.55 Å². The molecular formula is C17H14ClFN4O2. The lowest BCUT2D eigenvalue weighted by Gasteiger charge is -2.21. The van der Waals surface area contributed by atoms with Crippen LogP contribution in [0.3, 0.4) is 0 Å². The molecule has 0 saturated heterocycles. The minimum Gasteiger partial charge on any atom is -0.370 e. The predicted molar refractivity (Wildman–Crippen MR) is 93.2 cm³/mol. The fraction of sp³-hybridized carbons (Fsp3) is 0.118. The van der Waals surface area contributed by atoms with Gasteiger partial charge in [0, 0.05) is 31.6 Å². The SMILES string of the molecule is Cn1ccnc1C(Nc1ccc([N+](=O)[O-])cc1Cl)c1cccc(F)c1. The van der Waals surface area contributed by atoms with E-state index in [0.717, 1.165) is 0 Å². The van der Waals surface area contributed by atoms with Gasteiger partial charge >= 0.3 is 0 Å². The second kappa shape index (κ2) is 6.90. The molecule has 1 unspecified atom stereocenters. The molecule has 1 atom stereocenters. The van der Waals surface area contributed by atoms with Gasteiger partial charge in [-0.25, -0.2) is 9.37 Å². The van der Waals surface area contributed by atoms with Gasteiger partial charge in [-0.2, -0.15) is 0 Å². The van der Waals surface area contributed by atoms with E-state index in [1.807, 2.05) is 11.6 Å². The molecule has 3 rings (SSSR count). The third-order valence-electron chi connectivity index (χ3n) is 3.76. The van der Waals surface area contributed by atoms with Crippen LogP contribution in [0, 0.1) is 15.9 Å². The first-order valence-electron chi connectivity index (χ1n) is 7.39. The molecule has 2 aromatic carbocycles. The molecular weight excluding hydrogens is 347 g/mol. The van der Waals surface area contributed by atoms with Gasteiger partial charge in [-0.3, -0.25) is 10.1 Å². The number of imidazole rings is 1. The highest BCUT2D eigenvalue weighted by Crippen LogP contribution is 2.32. The largest absolute Gasteiger partial charge is 0.370 e. The summed E-state index contributed by atoms with van der Waals surface area (Å²) in [6.45, 7) is 0. The van der Waals surface area contributed by atoms with Crippen molar-refractivity contribution in [1.29, 1.82) is 0 Å². The quantitative estimate of drug-likeness (QED) is 0.543. The molecule has 25 heavy (non-hydrogen) atoms. The first-order valence-corrected chi connectivity index (χ1v) is 7.76. The number of hydrogen-bond donors (Lipinski definition) is 1. The van der Waals surface area contributed by atoms with Crippen molar-refractivity contribution in [2.24, 2.45) is 7.05 Å². The van der Waals surface area contributed by atoms with Crippen molar-refractivity contribution in [3.8, 4) is 0 Å². The zero-order valence-corrected chi connectivity index (χ0v) is 13.9. The molecule has 0 aliphatic carbocycles. The van der Waals surface area contributed by atoms with Crippen LogP contribution < -0.4 is 5.32 Å². The van der Waals surface area contributed by atoms with Crippen LogP contribution in [0.1, 0.15) is 17.4 Å². The predicted octanol–water partition coefficient (Wildman–Crippen LogP) is 4.32. The fourth-order valence-electron chi connectivity index (χ4n) is 2.53.